The first-order valence-electron chi connectivity index (χ1n) is 5.59. The van der Waals surface area contributed by atoms with Gasteiger partial charge in [-0.25, -0.2) is 9.48 Å². The fourth-order valence-electron chi connectivity index (χ4n) is 1.81. The Hall–Kier alpha value is -2.28. The van der Waals surface area contributed by atoms with Crippen molar-refractivity contribution in [3.63, 3.8) is 0 Å². The van der Waals surface area contributed by atoms with Gasteiger partial charge in [0.05, 0.1) is 11.4 Å². The summed E-state index contributed by atoms with van der Waals surface area (Å²) in [5.41, 5.74) is 1.60. The van der Waals surface area contributed by atoms with E-state index in [2.05, 4.69) is 15.3 Å². The summed E-state index contributed by atoms with van der Waals surface area (Å²) in [6.07, 6.45) is 0. The lowest BCUT2D eigenvalue weighted by atomic mass is 10.3. The van der Waals surface area contributed by atoms with Crippen LogP contribution in [0.25, 0.3) is 16.0 Å². The third-order valence-corrected chi connectivity index (χ3v) is 3.85. The fraction of sp³-hybridized carbons (Fsp3) is 0.167. The lowest BCUT2D eigenvalue weighted by Gasteiger charge is -1.99. The van der Waals surface area contributed by atoms with E-state index in [-0.39, 0.29) is 0 Å². The molecule has 0 aromatic carbocycles. The molecule has 3 rings (SSSR count). The van der Waals surface area contributed by atoms with E-state index < -0.39 is 5.97 Å². The lowest BCUT2D eigenvalue weighted by Crippen LogP contribution is -2.01. The fourth-order valence-corrected chi connectivity index (χ4v) is 2.82. The van der Waals surface area contributed by atoms with E-state index >= 15 is 0 Å². The summed E-state index contributed by atoms with van der Waals surface area (Å²) < 4.78 is 1.63. The molecule has 0 bridgehead atoms. The highest BCUT2D eigenvalue weighted by Crippen LogP contribution is 2.29. The summed E-state index contributed by atoms with van der Waals surface area (Å²) >= 11 is 1.19. The molecule has 96 valence electrons. The van der Waals surface area contributed by atoms with E-state index in [0.29, 0.717) is 10.7 Å². The van der Waals surface area contributed by atoms with Gasteiger partial charge in [-0.05, 0) is 32.0 Å². The number of carboxylic acids is 1. The van der Waals surface area contributed by atoms with Gasteiger partial charge in [0, 0.05) is 5.39 Å². The third-order valence-electron chi connectivity index (χ3n) is 2.76. The molecule has 0 saturated heterocycles. The van der Waals surface area contributed by atoms with Gasteiger partial charge >= 0.3 is 5.97 Å². The van der Waals surface area contributed by atoms with Gasteiger partial charge in [0.1, 0.15) is 9.71 Å². The molecule has 7 heteroatoms. The minimum absolute atomic E-state index is 0.296. The zero-order valence-electron chi connectivity index (χ0n) is 10.3. The number of hydrogen-bond donors (Lipinski definition) is 1. The molecule has 0 unspecified atom stereocenters. The maximum atomic E-state index is 11.0. The van der Waals surface area contributed by atoms with E-state index in [1.54, 1.807) is 10.7 Å². The number of hydrogen-bond acceptors (Lipinski definition) is 5. The van der Waals surface area contributed by atoms with Crippen LogP contribution >= 0.6 is 11.3 Å². The highest BCUT2D eigenvalue weighted by atomic mass is 32.1. The maximum Gasteiger partial charge on any atom is 0.345 e. The third kappa shape index (κ3) is 1.88. The van der Waals surface area contributed by atoms with Crippen molar-refractivity contribution in [2.24, 2.45) is 0 Å². The first kappa shape index (κ1) is 11.8. The Morgan fingerprint density at radius 3 is 2.74 bits per heavy atom. The molecule has 0 fully saturated rings. The van der Waals surface area contributed by atoms with Crippen molar-refractivity contribution in [2.75, 3.05) is 0 Å². The van der Waals surface area contributed by atoms with Crippen LogP contribution in [0.3, 0.4) is 0 Å². The lowest BCUT2D eigenvalue weighted by molar-refractivity contribution is 0.0702. The Morgan fingerprint density at radius 1 is 1.32 bits per heavy atom. The molecule has 0 aliphatic rings. The second kappa shape index (κ2) is 4.13. The van der Waals surface area contributed by atoms with Crippen LogP contribution in [0.4, 0.5) is 0 Å². The molecule has 0 radical (unpaired) electrons. The molecule has 0 aliphatic carbocycles. The summed E-state index contributed by atoms with van der Waals surface area (Å²) in [5, 5.41) is 22.3. The standard InChI is InChI=1S/C12H10N4O2S/c1-6-3-4-10(14-13-6)16-11-8(7(2)15-16)5-9(19-11)12(17)18/h3-5H,1-2H3,(H,17,18). The molecule has 19 heavy (non-hydrogen) atoms. The average molecular weight is 274 g/mol. The van der Waals surface area contributed by atoms with Crippen molar-refractivity contribution in [2.45, 2.75) is 13.8 Å². The highest BCUT2D eigenvalue weighted by Gasteiger charge is 2.17. The molecule has 0 atom stereocenters. The summed E-state index contributed by atoms with van der Waals surface area (Å²) in [6, 6.07) is 5.30. The summed E-state index contributed by atoms with van der Waals surface area (Å²) in [6.45, 7) is 3.70. The van der Waals surface area contributed by atoms with Crippen molar-refractivity contribution in [1.82, 2.24) is 20.0 Å². The van der Waals surface area contributed by atoms with E-state index in [4.69, 9.17) is 5.11 Å². The minimum Gasteiger partial charge on any atom is -0.477 e. The van der Waals surface area contributed by atoms with Crippen molar-refractivity contribution >= 4 is 27.5 Å². The van der Waals surface area contributed by atoms with Crippen molar-refractivity contribution < 1.29 is 9.90 Å². The summed E-state index contributed by atoms with van der Waals surface area (Å²) in [7, 11) is 0. The molecule has 0 aliphatic heterocycles. The number of rotatable bonds is 2. The topological polar surface area (TPSA) is 80.9 Å². The molecule has 3 aromatic rings. The Balaban J connectivity index is 2.23. The van der Waals surface area contributed by atoms with Crippen molar-refractivity contribution in [1.29, 1.82) is 0 Å². The number of aromatic carboxylic acids is 1. The van der Waals surface area contributed by atoms with Crippen molar-refractivity contribution in [3.8, 4) is 5.82 Å². The zero-order chi connectivity index (χ0) is 13.6. The van der Waals surface area contributed by atoms with Crippen LogP contribution in [0.5, 0.6) is 0 Å². The van der Waals surface area contributed by atoms with E-state index in [0.717, 1.165) is 21.6 Å². The Kier molecular flexibility index (Phi) is 2.56. The molecule has 0 spiro atoms. The highest BCUT2D eigenvalue weighted by molar-refractivity contribution is 7.20. The number of aryl methyl sites for hydroxylation is 2. The van der Waals surface area contributed by atoms with Gasteiger partial charge in [-0.2, -0.15) is 10.2 Å². The first-order chi connectivity index (χ1) is 9.06. The quantitative estimate of drug-likeness (QED) is 0.774. The molecule has 6 nitrogen and oxygen atoms in total. The smallest absolute Gasteiger partial charge is 0.345 e. The second-order valence-electron chi connectivity index (χ2n) is 4.16. The van der Waals surface area contributed by atoms with Gasteiger partial charge in [-0.3, -0.25) is 0 Å². The molecule has 3 heterocycles. The van der Waals surface area contributed by atoms with E-state index in [9.17, 15) is 4.79 Å². The number of carboxylic acid groups (broad SMARTS) is 1. The Labute approximate surface area is 112 Å². The van der Waals surface area contributed by atoms with Crippen LogP contribution in [0.15, 0.2) is 18.2 Å². The van der Waals surface area contributed by atoms with Crippen molar-refractivity contribution in [3.05, 3.63) is 34.5 Å². The van der Waals surface area contributed by atoms with Gasteiger partial charge < -0.3 is 5.11 Å². The van der Waals surface area contributed by atoms with Crippen LogP contribution in [0.1, 0.15) is 21.1 Å². The normalized spacial score (nSPS) is 11.1. The average Bonchev–Trinajstić information content (AvgIpc) is 2.92. The van der Waals surface area contributed by atoms with Crippen LogP contribution in [0.2, 0.25) is 0 Å². The number of fused-ring (bicyclic) bond motifs is 1. The van der Waals surface area contributed by atoms with Gasteiger partial charge in [0.15, 0.2) is 5.82 Å². The summed E-state index contributed by atoms with van der Waals surface area (Å²) in [4.78, 5) is 12.1. The molecule has 0 amide bonds. The molecule has 0 saturated carbocycles. The molecule has 1 N–H and O–H groups in total. The zero-order valence-corrected chi connectivity index (χ0v) is 11.1. The predicted octanol–water partition coefficient (Wildman–Crippen LogP) is 2.19. The molecular weight excluding hydrogens is 264 g/mol. The molecule has 3 aromatic heterocycles. The van der Waals surface area contributed by atoms with Crippen LogP contribution in [0, 0.1) is 13.8 Å². The van der Waals surface area contributed by atoms with Crippen LogP contribution < -0.4 is 0 Å². The minimum atomic E-state index is -0.929. The van der Waals surface area contributed by atoms with E-state index in [1.165, 1.54) is 11.3 Å². The van der Waals surface area contributed by atoms with E-state index in [1.807, 2.05) is 26.0 Å². The van der Waals surface area contributed by atoms with Crippen LogP contribution in [-0.4, -0.2) is 31.1 Å². The van der Waals surface area contributed by atoms with Gasteiger partial charge in [0.25, 0.3) is 0 Å². The van der Waals surface area contributed by atoms with Gasteiger partial charge in [-0.1, -0.05) is 0 Å². The number of nitrogens with zero attached hydrogens (tertiary/aromatic N) is 4. The maximum absolute atomic E-state index is 11.0. The second-order valence-corrected chi connectivity index (χ2v) is 5.20. The first-order valence-corrected chi connectivity index (χ1v) is 6.41. The molecular formula is C12H10N4O2S. The number of aromatic nitrogens is 4. The van der Waals surface area contributed by atoms with Gasteiger partial charge in [0.2, 0.25) is 0 Å². The summed E-state index contributed by atoms with van der Waals surface area (Å²) in [5.74, 6) is -0.343. The van der Waals surface area contributed by atoms with Crippen LogP contribution in [-0.2, 0) is 0 Å². The Morgan fingerprint density at radius 2 is 2.11 bits per heavy atom. The Bertz CT molecular complexity index is 773. The SMILES string of the molecule is Cc1ccc(-n2nc(C)c3cc(C(=O)O)sc32)nn1. The van der Waals surface area contributed by atoms with Gasteiger partial charge in [-0.15, -0.1) is 16.4 Å². The number of carbonyl (C=O) groups is 1. The number of thiophene rings is 1. The monoisotopic (exact) mass is 274 g/mol. The largest absolute Gasteiger partial charge is 0.477 e. The predicted molar refractivity (Wildman–Crippen MR) is 71.0 cm³/mol.